The summed E-state index contributed by atoms with van der Waals surface area (Å²) < 4.78 is 37.0. The van der Waals surface area contributed by atoms with Gasteiger partial charge in [-0.3, -0.25) is 0 Å². The molecule has 0 aromatic carbocycles. The molecule has 0 aliphatic carbocycles. The van der Waals surface area contributed by atoms with Crippen LogP contribution in [0.5, 0.6) is 0 Å². The zero-order valence-electron chi connectivity index (χ0n) is 12.6. The third-order valence-corrected chi connectivity index (χ3v) is 3.27. The Morgan fingerprint density at radius 2 is 1.85 bits per heavy atom. The average molecular weight is 311 g/mol. The van der Waals surface area contributed by atoms with E-state index in [4.69, 9.17) is 8.92 Å². The van der Waals surface area contributed by atoms with Crippen molar-refractivity contribution in [1.82, 2.24) is 6.15 Å². The Kier molecular flexibility index (Phi) is 9.67. The molecule has 20 heavy (non-hydrogen) atoms. The van der Waals surface area contributed by atoms with E-state index in [0.717, 1.165) is 0 Å². The van der Waals surface area contributed by atoms with Gasteiger partial charge < -0.3 is 10.9 Å². The molecule has 3 N–H and O–H groups in total. The molecule has 0 rings (SSSR count). The standard InChI is InChI=1S/C12H22O6S.H3N/c1-6-17-19(14,15)18-12(4,5)8-7-9-16-11(13)10(2)3;/h2,6-9H2,1,3-5H3;1H3. The zero-order chi connectivity index (χ0) is 15.1. The van der Waals surface area contributed by atoms with Crippen molar-refractivity contribution in [2.45, 2.75) is 46.1 Å². The van der Waals surface area contributed by atoms with Crippen LogP contribution in [0.15, 0.2) is 12.2 Å². The molecule has 0 saturated carbocycles. The molecule has 0 fully saturated rings. The van der Waals surface area contributed by atoms with E-state index in [1.165, 1.54) is 0 Å². The summed E-state index contributed by atoms with van der Waals surface area (Å²) in [6, 6.07) is 0. The lowest BCUT2D eigenvalue weighted by molar-refractivity contribution is -0.139. The maximum Gasteiger partial charge on any atom is 0.400 e. The van der Waals surface area contributed by atoms with E-state index in [2.05, 4.69) is 10.8 Å². The molecule has 0 unspecified atom stereocenters. The molecule has 8 heteroatoms. The lowest BCUT2D eigenvalue weighted by Crippen LogP contribution is -2.29. The highest BCUT2D eigenvalue weighted by atomic mass is 32.3. The molecule has 0 spiro atoms. The number of rotatable bonds is 9. The molecule has 0 aliphatic heterocycles. The minimum Gasteiger partial charge on any atom is -0.462 e. The molecule has 0 aromatic heterocycles. The maximum atomic E-state index is 11.3. The number of carbonyl (C=O) groups excluding carboxylic acids is 1. The Labute approximate surface area is 121 Å². The van der Waals surface area contributed by atoms with E-state index >= 15 is 0 Å². The Hall–Kier alpha value is -0.960. The van der Waals surface area contributed by atoms with Gasteiger partial charge in [0.1, 0.15) is 0 Å². The van der Waals surface area contributed by atoms with Crippen LogP contribution >= 0.6 is 0 Å². The normalized spacial score (nSPS) is 11.6. The summed E-state index contributed by atoms with van der Waals surface area (Å²) in [6.07, 6.45) is 0.885. The Bertz CT molecular complexity index is 416. The van der Waals surface area contributed by atoms with Gasteiger partial charge in [0, 0.05) is 5.57 Å². The van der Waals surface area contributed by atoms with Crippen molar-refractivity contribution in [3.05, 3.63) is 12.2 Å². The fourth-order valence-corrected chi connectivity index (χ4v) is 2.25. The smallest absolute Gasteiger partial charge is 0.400 e. The van der Waals surface area contributed by atoms with Crippen molar-refractivity contribution in [2.75, 3.05) is 13.2 Å². The summed E-state index contributed by atoms with van der Waals surface area (Å²) in [7, 11) is -3.98. The summed E-state index contributed by atoms with van der Waals surface area (Å²) in [5, 5.41) is 0. The van der Waals surface area contributed by atoms with Crippen molar-refractivity contribution in [1.29, 1.82) is 0 Å². The van der Waals surface area contributed by atoms with E-state index in [1.807, 2.05) is 0 Å². The molecule has 0 aliphatic rings. The number of hydrogen-bond donors (Lipinski definition) is 1. The molecular weight excluding hydrogens is 286 g/mol. The Morgan fingerprint density at radius 1 is 1.30 bits per heavy atom. The minimum absolute atomic E-state index is 0. The minimum atomic E-state index is -3.98. The molecular formula is C12H25NO6S. The van der Waals surface area contributed by atoms with Gasteiger partial charge in [-0.2, -0.15) is 8.42 Å². The highest BCUT2D eigenvalue weighted by Gasteiger charge is 2.27. The van der Waals surface area contributed by atoms with Crippen LogP contribution in [0, 0.1) is 0 Å². The first kappa shape index (κ1) is 21.3. The molecule has 0 bridgehead atoms. The third-order valence-electron chi connectivity index (χ3n) is 2.09. The largest absolute Gasteiger partial charge is 0.462 e. The fraction of sp³-hybridized carbons (Fsp3) is 0.750. The van der Waals surface area contributed by atoms with Crippen LogP contribution in [0.25, 0.3) is 0 Å². The van der Waals surface area contributed by atoms with Gasteiger partial charge in [0.2, 0.25) is 0 Å². The van der Waals surface area contributed by atoms with Crippen LogP contribution < -0.4 is 6.15 Å². The predicted molar refractivity (Wildman–Crippen MR) is 75.7 cm³/mol. The van der Waals surface area contributed by atoms with Crippen molar-refractivity contribution < 1.29 is 26.3 Å². The third kappa shape index (κ3) is 9.90. The van der Waals surface area contributed by atoms with Gasteiger partial charge in [-0.05, 0) is 40.5 Å². The van der Waals surface area contributed by atoms with Crippen LogP contribution in [0.4, 0.5) is 0 Å². The predicted octanol–water partition coefficient (Wildman–Crippen LogP) is 2.12. The Balaban J connectivity index is 0. The summed E-state index contributed by atoms with van der Waals surface area (Å²) >= 11 is 0. The van der Waals surface area contributed by atoms with E-state index in [1.54, 1.807) is 27.7 Å². The quantitative estimate of drug-likeness (QED) is 0.394. The molecule has 0 heterocycles. The highest BCUT2D eigenvalue weighted by molar-refractivity contribution is 7.81. The monoisotopic (exact) mass is 311 g/mol. The summed E-state index contributed by atoms with van der Waals surface area (Å²) in [6.45, 7) is 10.0. The topological polar surface area (TPSA) is 114 Å². The van der Waals surface area contributed by atoms with Gasteiger partial charge in [-0.1, -0.05) is 6.58 Å². The van der Waals surface area contributed by atoms with Gasteiger partial charge in [0.15, 0.2) is 0 Å². The van der Waals surface area contributed by atoms with Crippen LogP contribution in [0.3, 0.4) is 0 Å². The highest BCUT2D eigenvalue weighted by Crippen LogP contribution is 2.20. The van der Waals surface area contributed by atoms with Gasteiger partial charge in [-0.15, -0.1) is 0 Å². The van der Waals surface area contributed by atoms with Crippen LogP contribution in [-0.2, 0) is 28.3 Å². The second-order valence-electron chi connectivity index (χ2n) is 4.68. The molecule has 0 saturated heterocycles. The number of hydrogen-bond acceptors (Lipinski definition) is 7. The van der Waals surface area contributed by atoms with Crippen molar-refractivity contribution in [2.24, 2.45) is 0 Å². The first-order valence-corrected chi connectivity index (χ1v) is 7.35. The molecule has 0 radical (unpaired) electrons. The lowest BCUT2D eigenvalue weighted by Gasteiger charge is -2.23. The van der Waals surface area contributed by atoms with Gasteiger partial charge in [0.05, 0.1) is 18.8 Å². The molecule has 0 aromatic rings. The summed E-state index contributed by atoms with van der Waals surface area (Å²) in [5.74, 6) is -0.458. The van der Waals surface area contributed by atoms with E-state index in [9.17, 15) is 13.2 Å². The number of esters is 1. The molecule has 120 valence electrons. The van der Waals surface area contributed by atoms with Crippen LogP contribution in [0.1, 0.15) is 40.5 Å². The summed E-state index contributed by atoms with van der Waals surface area (Å²) in [4.78, 5) is 11.1. The molecule has 0 amide bonds. The fourth-order valence-electron chi connectivity index (χ4n) is 1.27. The average Bonchev–Trinajstić information content (AvgIpc) is 2.21. The second kappa shape index (κ2) is 9.06. The van der Waals surface area contributed by atoms with E-state index in [0.29, 0.717) is 18.4 Å². The maximum absolute atomic E-state index is 11.3. The van der Waals surface area contributed by atoms with Crippen molar-refractivity contribution in [3.8, 4) is 0 Å². The van der Waals surface area contributed by atoms with E-state index < -0.39 is 22.0 Å². The van der Waals surface area contributed by atoms with Crippen molar-refractivity contribution >= 4 is 16.4 Å². The lowest BCUT2D eigenvalue weighted by atomic mass is 10.0. The zero-order valence-corrected chi connectivity index (χ0v) is 13.4. The first-order valence-electron chi connectivity index (χ1n) is 6.02. The van der Waals surface area contributed by atoms with Gasteiger partial charge >= 0.3 is 16.4 Å². The number of carbonyl (C=O) groups is 1. The van der Waals surface area contributed by atoms with Gasteiger partial charge in [-0.25, -0.2) is 13.2 Å². The molecule has 0 atom stereocenters. The van der Waals surface area contributed by atoms with E-state index in [-0.39, 0.29) is 19.4 Å². The van der Waals surface area contributed by atoms with Crippen LogP contribution in [0.2, 0.25) is 0 Å². The Morgan fingerprint density at radius 3 is 2.30 bits per heavy atom. The first-order chi connectivity index (χ1) is 8.59. The molecule has 7 nitrogen and oxygen atoms in total. The SMILES string of the molecule is C=C(C)C(=O)OCCCC(C)(C)OS(=O)(=O)OCC.N. The van der Waals surface area contributed by atoms with Crippen molar-refractivity contribution in [3.63, 3.8) is 0 Å². The van der Waals surface area contributed by atoms with Gasteiger partial charge in [0.25, 0.3) is 0 Å². The number of ether oxygens (including phenoxy) is 1. The second-order valence-corrected chi connectivity index (χ2v) is 5.90. The van der Waals surface area contributed by atoms with Crippen LogP contribution in [-0.4, -0.2) is 33.2 Å². The summed E-state index contributed by atoms with van der Waals surface area (Å²) in [5.41, 5.74) is -0.585.